The third-order valence-electron chi connectivity index (χ3n) is 4.06. The van der Waals surface area contributed by atoms with Crippen LogP contribution in [-0.4, -0.2) is 25.3 Å². The Kier molecular flexibility index (Phi) is 10.3. The van der Waals surface area contributed by atoms with E-state index in [4.69, 9.17) is 16.0 Å². The van der Waals surface area contributed by atoms with E-state index < -0.39 is 12.1 Å². The zero-order valence-electron chi connectivity index (χ0n) is 16.3. The first-order chi connectivity index (χ1) is 13.0. The van der Waals surface area contributed by atoms with Crippen molar-refractivity contribution in [2.75, 3.05) is 18.5 Å². The molecule has 0 aliphatic rings. The van der Waals surface area contributed by atoms with Crippen molar-refractivity contribution < 1.29 is 19.1 Å². The molecule has 0 spiro atoms. The van der Waals surface area contributed by atoms with Crippen LogP contribution in [0.5, 0.6) is 0 Å². The van der Waals surface area contributed by atoms with Crippen LogP contribution in [0.2, 0.25) is 0 Å². The molecule has 0 saturated heterocycles. The van der Waals surface area contributed by atoms with Crippen molar-refractivity contribution in [3.63, 3.8) is 0 Å². The van der Waals surface area contributed by atoms with Gasteiger partial charge in [0.2, 0.25) is 0 Å². The number of anilines is 1. The normalized spacial score (nSPS) is 12.0. The van der Waals surface area contributed by atoms with E-state index in [9.17, 15) is 9.59 Å². The number of amides is 1. The van der Waals surface area contributed by atoms with Gasteiger partial charge in [-0.2, -0.15) is 0 Å². The Morgan fingerprint density at radius 1 is 1.19 bits per heavy atom. The zero-order chi connectivity index (χ0) is 20.1. The van der Waals surface area contributed by atoms with Crippen LogP contribution >= 0.6 is 0 Å². The highest BCUT2D eigenvalue weighted by atomic mass is 16.5. The first kappa shape index (κ1) is 22.2. The van der Waals surface area contributed by atoms with Gasteiger partial charge in [0, 0.05) is 5.69 Å². The highest BCUT2D eigenvalue weighted by Gasteiger charge is 2.11. The number of hydrogen-bond donors (Lipinski definition) is 1. The maximum atomic E-state index is 11.9. The Balaban J connectivity index is 2.60. The fourth-order valence-electron chi connectivity index (χ4n) is 2.41. The summed E-state index contributed by atoms with van der Waals surface area (Å²) in [5.74, 6) is -0.259. The number of benzene rings is 1. The molecule has 1 aromatic rings. The van der Waals surface area contributed by atoms with Gasteiger partial charge in [0.05, 0.1) is 19.8 Å². The van der Waals surface area contributed by atoms with Crippen molar-refractivity contribution in [3.05, 3.63) is 46.9 Å². The van der Waals surface area contributed by atoms with Crippen LogP contribution in [0, 0.1) is 12.5 Å². The van der Waals surface area contributed by atoms with E-state index in [-0.39, 0.29) is 12.3 Å². The lowest BCUT2D eigenvalue weighted by Crippen LogP contribution is -2.18. The molecule has 1 atom stereocenters. The second kappa shape index (κ2) is 12.5. The fourth-order valence-corrected chi connectivity index (χ4v) is 2.41. The first-order valence-corrected chi connectivity index (χ1v) is 9.34. The average Bonchev–Trinajstić information content (AvgIpc) is 2.67. The Morgan fingerprint density at radius 2 is 1.89 bits per heavy atom. The maximum Gasteiger partial charge on any atom is 0.411 e. The molecule has 27 heavy (non-hydrogen) atoms. The predicted molar refractivity (Wildman–Crippen MR) is 106 cm³/mol. The Hall–Kier alpha value is -2.81. The summed E-state index contributed by atoms with van der Waals surface area (Å²) < 4.78 is 10.1. The molecule has 0 aromatic heterocycles. The standard InChI is InChI=1S/C21H28N2O4/c1-5-8-9-16(6-2)15-27-21(25)23-18-12-10-17(11-13-18)14-19(22-4)20(24)26-7-3/h10-14,16H,5-9,15H2,1-3H3,(H,23,25)/b19-14-. The number of nitrogens with one attached hydrogen (secondary N) is 1. The van der Waals surface area contributed by atoms with Gasteiger partial charge in [-0.1, -0.05) is 45.2 Å². The van der Waals surface area contributed by atoms with Crippen molar-refractivity contribution in [2.24, 2.45) is 5.92 Å². The summed E-state index contributed by atoms with van der Waals surface area (Å²) in [7, 11) is 0. The summed E-state index contributed by atoms with van der Waals surface area (Å²) in [5.41, 5.74) is 1.16. The number of ether oxygens (including phenoxy) is 2. The summed E-state index contributed by atoms with van der Waals surface area (Å²) in [6.45, 7) is 13.6. The molecule has 6 nitrogen and oxygen atoms in total. The van der Waals surface area contributed by atoms with Crippen molar-refractivity contribution in [3.8, 4) is 0 Å². The number of carbonyl (C=O) groups excluding carboxylic acids is 2. The lowest BCUT2D eigenvalue weighted by Gasteiger charge is -2.15. The summed E-state index contributed by atoms with van der Waals surface area (Å²) in [6.07, 6.45) is 5.28. The zero-order valence-corrected chi connectivity index (χ0v) is 16.3. The lowest BCUT2D eigenvalue weighted by molar-refractivity contribution is -0.138. The molecule has 6 heteroatoms. The van der Waals surface area contributed by atoms with Gasteiger partial charge < -0.3 is 9.47 Å². The minimum Gasteiger partial charge on any atom is -0.471 e. The minimum atomic E-state index is -0.646. The van der Waals surface area contributed by atoms with Crippen LogP contribution in [0.1, 0.15) is 52.0 Å². The molecule has 0 aliphatic carbocycles. The third kappa shape index (κ3) is 8.41. The van der Waals surface area contributed by atoms with E-state index in [1.807, 2.05) is 0 Å². The molecule has 1 aromatic carbocycles. The van der Waals surface area contributed by atoms with Crippen molar-refractivity contribution in [2.45, 2.75) is 46.5 Å². The molecule has 1 rings (SSSR count). The van der Waals surface area contributed by atoms with Gasteiger partial charge in [0.15, 0.2) is 0 Å². The molecule has 0 radical (unpaired) electrons. The number of rotatable bonds is 10. The molecule has 0 fully saturated rings. The molecule has 0 saturated carbocycles. The number of esters is 1. The summed E-state index contributed by atoms with van der Waals surface area (Å²) in [4.78, 5) is 26.8. The van der Waals surface area contributed by atoms with E-state index in [0.717, 1.165) is 25.7 Å². The quantitative estimate of drug-likeness (QED) is 0.345. The highest BCUT2D eigenvalue weighted by molar-refractivity contribution is 5.95. The molecule has 146 valence electrons. The number of unbranched alkanes of at least 4 members (excludes halogenated alkanes) is 1. The SMILES string of the molecule is [C-]#[N+]/C(=C\c1ccc(NC(=O)OCC(CC)CCCC)cc1)C(=O)OCC. The monoisotopic (exact) mass is 372 g/mol. The smallest absolute Gasteiger partial charge is 0.411 e. The first-order valence-electron chi connectivity index (χ1n) is 9.34. The van der Waals surface area contributed by atoms with Crippen LogP contribution in [-0.2, 0) is 14.3 Å². The third-order valence-corrected chi connectivity index (χ3v) is 4.06. The van der Waals surface area contributed by atoms with Gasteiger partial charge in [-0.3, -0.25) is 10.1 Å². The van der Waals surface area contributed by atoms with Crippen molar-refractivity contribution in [1.29, 1.82) is 0 Å². The fraction of sp³-hybridized carbons (Fsp3) is 0.476. The average molecular weight is 372 g/mol. The van der Waals surface area contributed by atoms with Gasteiger partial charge in [0.25, 0.3) is 5.70 Å². The molecule has 0 aliphatic heterocycles. The summed E-state index contributed by atoms with van der Waals surface area (Å²) >= 11 is 0. The lowest BCUT2D eigenvalue weighted by atomic mass is 10.0. The number of nitrogens with zero attached hydrogens (tertiary/aromatic N) is 1. The predicted octanol–water partition coefficient (Wildman–Crippen LogP) is 5.27. The number of hydrogen-bond acceptors (Lipinski definition) is 4. The van der Waals surface area contributed by atoms with Gasteiger partial charge in [-0.15, -0.1) is 0 Å². The molecule has 0 heterocycles. The van der Waals surface area contributed by atoms with Gasteiger partial charge >= 0.3 is 12.1 Å². The van der Waals surface area contributed by atoms with Crippen molar-refractivity contribution >= 4 is 23.8 Å². The van der Waals surface area contributed by atoms with Crippen LogP contribution in [0.25, 0.3) is 10.9 Å². The topological polar surface area (TPSA) is 69.0 Å². The molecular weight excluding hydrogens is 344 g/mol. The van der Waals surface area contributed by atoms with Crippen LogP contribution < -0.4 is 5.32 Å². The highest BCUT2D eigenvalue weighted by Crippen LogP contribution is 2.16. The largest absolute Gasteiger partial charge is 0.471 e. The van der Waals surface area contributed by atoms with Crippen LogP contribution in [0.3, 0.4) is 0 Å². The Morgan fingerprint density at radius 3 is 2.44 bits per heavy atom. The van der Waals surface area contributed by atoms with Gasteiger partial charge in [-0.25, -0.2) is 9.64 Å². The molecule has 0 bridgehead atoms. The van der Waals surface area contributed by atoms with E-state index in [0.29, 0.717) is 23.8 Å². The van der Waals surface area contributed by atoms with Crippen molar-refractivity contribution in [1.82, 2.24) is 0 Å². The van der Waals surface area contributed by atoms with Crippen LogP contribution in [0.4, 0.5) is 10.5 Å². The van der Waals surface area contributed by atoms with E-state index in [2.05, 4.69) is 24.0 Å². The molecule has 1 N–H and O–H groups in total. The second-order valence-corrected chi connectivity index (χ2v) is 6.12. The maximum absolute atomic E-state index is 11.9. The number of carbonyl (C=O) groups is 2. The summed E-state index contributed by atoms with van der Waals surface area (Å²) in [5, 5.41) is 2.68. The molecule has 1 amide bonds. The van der Waals surface area contributed by atoms with Crippen LogP contribution in [0.15, 0.2) is 30.0 Å². The Labute approximate surface area is 161 Å². The van der Waals surface area contributed by atoms with E-state index in [1.54, 1.807) is 31.2 Å². The van der Waals surface area contributed by atoms with Gasteiger partial charge in [0.1, 0.15) is 0 Å². The molecule has 1 unspecified atom stereocenters. The molecular formula is C21H28N2O4. The minimum absolute atomic E-state index is 0.0883. The second-order valence-electron chi connectivity index (χ2n) is 6.12. The van der Waals surface area contributed by atoms with E-state index in [1.165, 1.54) is 6.08 Å². The van der Waals surface area contributed by atoms with Gasteiger partial charge in [-0.05, 0) is 43.0 Å². The summed E-state index contributed by atoms with van der Waals surface area (Å²) in [6, 6.07) is 6.79. The van der Waals surface area contributed by atoms with E-state index >= 15 is 0 Å². The Bertz CT molecular complexity index is 674.